The molecule has 0 saturated carbocycles. The van der Waals surface area contributed by atoms with Crippen LogP contribution in [0.4, 0.5) is 22.7 Å². The number of nitrogens with zero attached hydrogens (tertiary/aromatic N) is 4. The predicted octanol–water partition coefficient (Wildman–Crippen LogP) is 16.7. The van der Waals surface area contributed by atoms with E-state index in [-0.39, 0.29) is 26.5 Å². The summed E-state index contributed by atoms with van der Waals surface area (Å²) >= 11 is 0. The van der Waals surface area contributed by atoms with Crippen LogP contribution in [-0.2, 0) is 26.5 Å². The van der Waals surface area contributed by atoms with Crippen molar-refractivity contribution in [3.63, 3.8) is 0 Å². The molecular formula is C62H43N4O2Pt-3. The van der Waals surface area contributed by atoms with Crippen LogP contribution in [0.2, 0.25) is 0 Å². The van der Waals surface area contributed by atoms with E-state index >= 15 is 0 Å². The Bertz CT molecular complexity index is 3870. The molecule has 1 aliphatic rings. The Morgan fingerprint density at radius 3 is 1.83 bits per heavy atom. The summed E-state index contributed by atoms with van der Waals surface area (Å²) in [7, 11) is 0. The monoisotopic (exact) mass is 1070 g/mol. The molecular weight excluding hydrogens is 1030 g/mol. The summed E-state index contributed by atoms with van der Waals surface area (Å²) in [5, 5.41) is 6.50. The molecule has 6 nitrogen and oxygen atoms in total. The van der Waals surface area contributed by atoms with E-state index in [1.165, 1.54) is 10.9 Å². The first-order valence-corrected chi connectivity index (χ1v) is 23.0. The van der Waals surface area contributed by atoms with Gasteiger partial charge in [0, 0.05) is 72.3 Å². The van der Waals surface area contributed by atoms with Crippen LogP contribution in [0.15, 0.2) is 205 Å². The standard InChI is InChI=1S/C62H43N4O2.Pt/c1-62(2,3)42-34-35-63-56(36-42)66-55-38-45(32-33-52(55)61-59(66)57-50-26-12-10-24-48(50)49-25-11-13-27-51(49)60(57)68-61)67-44-23-16-22-43(37-44)64-39-65(54-31-15-14-30-53(54)64)58-46(40-18-6-4-7-19-40)28-17-29-47(58)41-20-8-5-9-21-41;/h4-36,39H,1-3H3;/q-3;. The molecule has 0 fully saturated rings. The number of rotatable bonds is 7. The first-order valence-electron chi connectivity index (χ1n) is 23.0. The number of aromatic nitrogens is 2. The number of anilines is 4. The van der Waals surface area contributed by atoms with Gasteiger partial charge in [-0.15, -0.1) is 42.7 Å². The summed E-state index contributed by atoms with van der Waals surface area (Å²) in [5.41, 5.74) is 13.1. The maximum Gasteiger partial charge on any atom is 0.143 e. The largest absolute Gasteiger partial charge is 0.509 e. The predicted molar refractivity (Wildman–Crippen MR) is 279 cm³/mol. The number of fused-ring (bicyclic) bond motifs is 11. The molecule has 3 aromatic heterocycles. The molecule has 12 aromatic rings. The van der Waals surface area contributed by atoms with Crippen LogP contribution in [0.5, 0.6) is 11.5 Å². The van der Waals surface area contributed by atoms with Crippen molar-refractivity contribution in [2.24, 2.45) is 0 Å². The molecule has 1 aliphatic heterocycles. The Morgan fingerprint density at radius 1 is 0.536 bits per heavy atom. The number of benzene rings is 9. The molecule has 0 spiro atoms. The SMILES string of the molecule is CC(C)(C)c1ccnc(-n2c3[c-]c(Oc4[c-]c(N5[CH-]N(c6c(-c7ccccc7)cccc6-c6ccccc6)c6ccccc65)ccc4)ccc3c3oc4c5ccccc5c5ccccc5c4c32)c1.[Pt]. The average Bonchev–Trinajstić information content (AvgIpc) is 4.06. The molecule has 4 heterocycles. The van der Waals surface area contributed by atoms with Crippen molar-refractivity contribution in [3.05, 3.63) is 225 Å². The van der Waals surface area contributed by atoms with Crippen molar-refractivity contribution in [2.45, 2.75) is 26.2 Å². The Hall–Kier alpha value is -7.92. The summed E-state index contributed by atoms with van der Waals surface area (Å²) in [6.07, 6.45) is 1.90. The zero-order valence-electron chi connectivity index (χ0n) is 38.1. The number of pyridine rings is 1. The molecule has 0 saturated heterocycles. The maximum atomic E-state index is 7.02. The smallest absolute Gasteiger partial charge is 0.143 e. The van der Waals surface area contributed by atoms with Gasteiger partial charge < -0.3 is 23.5 Å². The van der Waals surface area contributed by atoms with E-state index < -0.39 is 0 Å². The summed E-state index contributed by atoms with van der Waals surface area (Å²) in [6, 6.07) is 75.1. The minimum absolute atomic E-state index is 0. The topological polar surface area (TPSA) is 46.7 Å². The van der Waals surface area contributed by atoms with Crippen LogP contribution < -0.4 is 14.5 Å². The van der Waals surface area contributed by atoms with E-state index in [0.717, 1.165) is 100.0 Å². The van der Waals surface area contributed by atoms with E-state index in [1.807, 2.05) is 24.4 Å². The Labute approximate surface area is 414 Å². The van der Waals surface area contributed by atoms with Gasteiger partial charge in [0.25, 0.3) is 0 Å². The van der Waals surface area contributed by atoms with Crippen molar-refractivity contribution in [3.8, 4) is 39.6 Å². The average molecular weight is 1070 g/mol. The fourth-order valence-electron chi connectivity index (χ4n) is 10.1. The molecule has 0 unspecified atom stereocenters. The fraction of sp³-hybridized carbons (Fsp3) is 0.0645. The van der Waals surface area contributed by atoms with Crippen molar-refractivity contribution in [1.29, 1.82) is 0 Å². The van der Waals surface area contributed by atoms with Crippen LogP contribution >= 0.6 is 0 Å². The third kappa shape index (κ3) is 7.01. The van der Waals surface area contributed by atoms with Gasteiger partial charge >= 0.3 is 0 Å². The molecule has 0 N–H and O–H groups in total. The molecule has 0 radical (unpaired) electrons. The van der Waals surface area contributed by atoms with Gasteiger partial charge in [-0.3, -0.25) is 0 Å². The van der Waals surface area contributed by atoms with Gasteiger partial charge in [-0.2, -0.15) is 12.1 Å². The van der Waals surface area contributed by atoms with Gasteiger partial charge in [-0.05, 0) is 62.5 Å². The summed E-state index contributed by atoms with van der Waals surface area (Å²) in [5.74, 6) is 1.90. The molecule has 0 bridgehead atoms. The molecule has 0 amide bonds. The first-order chi connectivity index (χ1) is 33.4. The van der Waals surface area contributed by atoms with Crippen molar-refractivity contribution >= 4 is 77.3 Å². The molecule has 0 aliphatic carbocycles. The third-order valence-corrected chi connectivity index (χ3v) is 13.3. The number of hydrogen-bond donors (Lipinski definition) is 0. The second kappa shape index (κ2) is 16.7. The Kier molecular flexibility index (Phi) is 10.3. The molecule has 69 heavy (non-hydrogen) atoms. The van der Waals surface area contributed by atoms with Crippen LogP contribution in [-0.4, -0.2) is 9.55 Å². The van der Waals surface area contributed by atoms with Crippen LogP contribution in [0, 0.1) is 18.8 Å². The van der Waals surface area contributed by atoms with Gasteiger partial charge in [-0.25, -0.2) is 4.98 Å². The van der Waals surface area contributed by atoms with Crippen molar-refractivity contribution in [2.75, 3.05) is 9.80 Å². The molecule has 7 heteroatoms. The minimum atomic E-state index is -0.0975. The van der Waals surface area contributed by atoms with Crippen LogP contribution in [0.1, 0.15) is 26.3 Å². The Balaban J connectivity index is 0.00000492. The van der Waals surface area contributed by atoms with E-state index in [1.54, 1.807) is 0 Å². The molecule has 336 valence electrons. The number of furan rings is 1. The summed E-state index contributed by atoms with van der Waals surface area (Å²) < 4.78 is 16.0. The second-order valence-electron chi connectivity index (χ2n) is 18.4. The minimum Gasteiger partial charge on any atom is -0.509 e. The van der Waals surface area contributed by atoms with Gasteiger partial charge in [0.2, 0.25) is 0 Å². The quantitative estimate of drug-likeness (QED) is 0.118. The van der Waals surface area contributed by atoms with Crippen LogP contribution in [0.25, 0.3) is 82.6 Å². The second-order valence-corrected chi connectivity index (χ2v) is 18.4. The normalized spacial score (nSPS) is 12.6. The van der Waals surface area contributed by atoms with Gasteiger partial charge in [0.15, 0.2) is 0 Å². The van der Waals surface area contributed by atoms with Crippen molar-refractivity contribution in [1.82, 2.24) is 9.55 Å². The molecule has 0 atom stereocenters. The number of ether oxygens (including phenoxy) is 1. The van der Waals surface area contributed by atoms with Crippen LogP contribution in [0.3, 0.4) is 0 Å². The summed E-state index contributed by atoms with van der Waals surface area (Å²) in [4.78, 5) is 9.53. The van der Waals surface area contributed by atoms with E-state index in [0.29, 0.717) is 11.5 Å². The number of hydrogen-bond acceptors (Lipinski definition) is 5. The maximum absolute atomic E-state index is 7.02. The van der Waals surface area contributed by atoms with Gasteiger partial charge in [0.1, 0.15) is 17.0 Å². The van der Waals surface area contributed by atoms with E-state index in [9.17, 15) is 0 Å². The van der Waals surface area contributed by atoms with Crippen molar-refractivity contribution < 1.29 is 30.2 Å². The summed E-state index contributed by atoms with van der Waals surface area (Å²) in [6.45, 7) is 8.86. The molecule has 9 aromatic carbocycles. The van der Waals surface area contributed by atoms with Gasteiger partial charge in [-0.1, -0.05) is 171 Å². The fourth-order valence-corrected chi connectivity index (χ4v) is 10.1. The third-order valence-electron chi connectivity index (χ3n) is 13.3. The van der Waals surface area contributed by atoms with Gasteiger partial charge in [0.05, 0.1) is 10.9 Å². The van der Waals surface area contributed by atoms with E-state index in [2.05, 4.69) is 230 Å². The Morgan fingerprint density at radius 2 is 1.13 bits per heavy atom. The zero-order chi connectivity index (χ0) is 45.5. The zero-order valence-corrected chi connectivity index (χ0v) is 40.3. The first kappa shape index (κ1) is 42.4. The number of para-hydroxylation sites is 3. The van der Waals surface area contributed by atoms with E-state index in [4.69, 9.17) is 14.1 Å². The molecule has 13 rings (SSSR count).